The average molecular weight is 422 g/mol. The van der Waals surface area contributed by atoms with Gasteiger partial charge in [0.1, 0.15) is 23.7 Å². The normalized spacial score (nSPS) is 10.3. The number of nitrogens with one attached hydrogen (secondary N) is 2. The van der Waals surface area contributed by atoms with Gasteiger partial charge in [-0.05, 0) is 17.7 Å². The highest BCUT2D eigenvalue weighted by atomic mass is 16.4. The number of aromatic nitrogens is 2. The Bertz CT molecular complexity index is 1180. The van der Waals surface area contributed by atoms with Gasteiger partial charge in [0, 0.05) is 12.4 Å². The van der Waals surface area contributed by atoms with Gasteiger partial charge >= 0.3 is 5.97 Å². The Labute approximate surface area is 175 Å². The van der Waals surface area contributed by atoms with Crippen LogP contribution in [0.2, 0.25) is 0 Å². The quantitative estimate of drug-likeness (QED) is 0.444. The molecule has 158 valence electrons. The average Bonchev–Trinajstić information content (AvgIpc) is 2.75. The molecule has 3 rings (SSSR count). The number of carbonyl (C=O) groups excluding carboxylic acids is 2. The monoisotopic (exact) mass is 422 g/mol. The summed E-state index contributed by atoms with van der Waals surface area (Å²) in [5.41, 5.74) is -1.24. The van der Waals surface area contributed by atoms with Crippen LogP contribution in [0.4, 0.5) is 5.82 Å². The number of hydrogen-bond acceptors (Lipinski definition) is 6. The van der Waals surface area contributed by atoms with E-state index in [1.165, 1.54) is 12.3 Å². The van der Waals surface area contributed by atoms with E-state index in [-0.39, 0.29) is 17.9 Å². The van der Waals surface area contributed by atoms with Crippen LogP contribution in [-0.4, -0.2) is 44.1 Å². The van der Waals surface area contributed by atoms with Gasteiger partial charge in [-0.25, -0.2) is 4.98 Å². The molecule has 2 amide bonds. The second-order valence-electron chi connectivity index (χ2n) is 6.43. The molecular formula is C21H18N4O6. The van der Waals surface area contributed by atoms with E-state index in [2.05, 4.69) is 10.3 Å². The fraction of sp³-hybridized carbons (Fsp3) is 0.0952. The Kier molecular flexibility index (Phi) is 6.41. The summed E-state index contributed by atoms with van der Waals surface area (Å²) >= 11 is 0. The van der Waals surface area contributed by atoms with Crippen LogP contribution in [0.3, 0.4) is 0 Å². The first-order valence-corrected chi connectivity index (χ1v) is 9.09. The second kappa shape index (κ2) is 9.35. The van der Waals surface area contributed by atoms with Crippen molar-refractivity contribution in [1.82, 2.24) is 14.9 Å². The SMILES string of the molecule is O=C(O)CNC(=O)c1c(O)c(C(=O)Nc2ccccn2)cn(Cc2ccccc2)c1=O. The number of amides is 2. The first kappa shape index (κ1) is 21.2. The van der Waals surface area contributed by atoms with E-state index in [9.17, 15) is 24.3 Å². The van der Waals surface area contributed by atoms with Crippen molar-refractivity contribution in [3.05, 3.63) is 88.0 Å². The van der Waals surface area contributed by atoms with Crippen molar-refractivity contribution in [3.63, 3.8) is 0 Å². The van der Waals surface area contributed by atoms with Gasteiger partial charge in [0.05, 0.1) is 12.1 Å². The predicted molar refractivity (Wildman–Crippen MR) is 110 cm³/mol. The molecule has 0 atom stereocenters. The Hall–Kier alpha value is -4.47. The van der Waals surface area contributed by atoms with Crippen molar-refractivity contribution in [3.8, 4) is 5.75 Å². The number of aliphatic carboxylic acids is 1. The smallest absolute Gasteiger partial charge is 0.322 e. The van der Waals surface area contributed by atoms with E-state index in [0.717, 1.165) is 10.8 Å². The number of benzene rings is 1. The second-order valence-corrected chi connectivity index (χ2v) is 6.43. The van der Waals surface area contributed by atoms with Crippen LogP contribution in [0.1, 0.15) is 26.3 Å². The van der Waals surface area contributed by atoms with E-state index in [1.807, 2.05) is 5.32 Å². The molecule has 4 N–H and O–H groups in total. The molecule has 0 spiro atoms. The number of carboxylic acid groups (broad SMARTS) is 1. The van der Waals surface area contributed by atoms with Gasteiger partial charge in [-0.1, -0.05) is 36.4 Å². The van der Waals surface area contributed by atoms with Crippen LogP contribution in [0.25, 0.3) is 0 Å². The van der Waals surface area contributed by atoms with Crippen LogP contribution >= 0.6 is 0 Å². The molecular weight excluding hydrogens is 404 g/mol. The van der Waals surface area contributed by atoms with Gasteiger partial charge in [-0.2, -0.15) is 0 Å². The van der Waals surface area contributed by atoms with Crippen molar-refractivity contribution < 1.29 is 24.6 Å². The number of carbonyl (C=O) groups is 3. The van der Waals surface area contributed by atoms with E-state index in [0.29, 0.717) is 5.56 Å². The number of nitrogens with zero attached hydrogens (tertiary/aromatic N) is 2. The number of anilines is 1. The lowest BCUT2D eigenvalue weighted by Gasteiger charge is -2.14. The number of hydrogen-bond donors (Lipinski definition) is 4. The molecule has 0 aliphatic rings. The molecule has 31 heavy (non-hydrogen) atoms. The molecule has 0 unspecified atom stereocenters. The number of carboxylic acids is 1. The Morgan fingerprint density at radius 1 is 1.00 bits per heavy atom. The highest BCUT2D eigenvalue weighted by molar-refractivity contribution is 6.08. The van der Waals surface area contributed by atoms with Crippen molar-refractivity contribution in [2.75, 3.05) is 11.9 Å². The zero-order valence-electron chi connectivity index (χ0n) is 16.1. The van der Waals surface area contributed by atoms with Gasteiger partial charge in [0.15, 0.2) is 0 Å². The largest absolute Gasteiger partial charge is 0.506 e. The minimum atomic E-state index is -1.33. The topological polar surface area (TPSA) is 151 Å². The molecule has 10 heteroatoms. The third-order valence-electron chi connectivity index (χ3n) is 4.23. The van der Waals surface area contributed by atoms with Crippen LogP contribution in [-0.2, 0) is 11.3 Å². The Morgan fingerprint density at radius 3 is 2.35 bits per heavy atom. The molecule has 2 aromatic heterocycles. The van der Waals surface area contributed by atoms with Gasteiger partial charge in [0.2, 0.25) is 0 Å². The van der Waals surface area contributed by atoms with Crippen LogP contribution in [0.15, 0.2) is 65.7 Å². The summed E-state index contributed by atoms with van der Waals surface area (Å²) in [5.74, 6) is -3.90. The zero-order valence-corrected chi connectivity index (χ0v) is 16.1. The molecule has 0 saturated heterocycles. The fourth-order valence-corrected chi connectivity index (χ4v) is 2.79. The summed E-state index contributed by atoms with van der Waals surface area (Å²) < 4.78 is 1.10. The van der Waals surface area contributed by atoms with Crippen LogP contribution < -0.4 is 16.2 Å². The molecule has 0 saturated carbocycles. The molecule has 1 aromatic carbocycles. The van der Waals surface area contributed by atoms with Crippen molar-refractivity contribution in [2.24, 2.45) is 0 Å². The summed E-state index contributed by atoms with van der Waals surface area (Å²) in [6.07, 6.45) is 2.59. The summed E-state index contributed by atoms with van der Waals surface area (Å²) in [4.78, 5) is 52.8. The summed E-state index contributed by atoms with van der Waals surface area (Å²) in [7, 11) is 0. The summed E-state index contributed by atoms with van der Waals surface area (Å²) in [6.45, 7) is -0.746. The van der Waals surface area contributed by atoms with E-state index < -0.39 is 41.2 Å². The molecule has 0 aliphatic heterocycles. The molecule has 2 heterocycles. The third-order valence-corrected chi connectivity index (χ3v) is 4.23. The van der Waals surface area contributed by atoms with Gasteiger partial charge in [-0.15, -0.1) is 0 Å². The number of aromatic hydroxyl groups is 1. The lowest BCUT2D eigenvalue weighted by Crippen LogP contribution is -2.36. The van der Waals surface area contributed by atoms with Crippen LogP contribution in [0.5, 0.6) is 5.75 Å². The maximum Gasteiger partial charge on any atom is 0.322 e. The van der Waals surface area contributed by atoms with Gasteiger partial charge in [0.25, 0.3) is 17.4 Å². The summed E-state index contributed by atoms with van der Waals surface area (Å²) in [6, 6.07) is 13.6. The molecule has 10 nitrogen and oxygen atoms in total. The predicted octanol–water partition coefficient (Wildman–Crippen LogP) is 1.06. The maximum absolute atomic E-state index is 12.9. The molecule has 3 aromatic rings. The van der Waals surface area contributed by atoms with Crippen molar-refractivity contribution >= 4 is 23.6 Å². The Balaban J connectivity index is 2.06. The van der Waals surface area contributed by atoms with E-state index >= 15 is 0 Å². The highest BCUT2D eigenvalue weighted by Gasteiger charge is 2.25. The van der Waals surface area contributed by atoms with Gasteiger partial charge < -0.3 is 25.4 Å². The molecule has 0 aliphatic carbocycles. The van der Waals surface area contributed by atoms with E-state index in [4.69, 9.17) is 5.11 Å². The molecule has 0 radical (unpaired) electrons. The van der Waals surface area contributed by atoms with Crippen molar-refractivity contribution in [2.45, 2.75) is 6.54 Å². The Morgan fingerprint density at radius 2 is 1.71 bits per heavy atom. The minimum absolute atomic E-state index is 0.0169. The molecule has 0 fully saturated rings. The lowest BCUT2D eigenvalue weighted by atomic mass is 10.1. The molecule has 0 bridgehead atoms. The minimum Gasteiger partial charge on any atom is -0.506 e. The van der Waals surface area contributed by atoms with Crippen molar-refractivity contribution in [1.29, 1.82) is 0 Å². The number of pyridine rings is 2. The lowest BCUT2D eigenvalue weighted by molar-refractivity contribution is -0.135. The standard InChI is InChI=1S/C21H18N4O6/c26-16(27)10-23-20(30)17-18(28)14(19(29)24-15-8-4-5-9-22-15)12-25(21(17)31)11-13-6-2-1-3-7-13/h1-9,12,28H,10-11H2,(H,23,30)(H,26,27)(H,22,24,29). The van der Waals surface area contributed by atoms with Gasteiger partial charge in [-0.3, -0.25) is 19.2 Å². The number of rotatable bonds is 7. The highest BCUT2D eigenvalue weighted by Crippen LogP contribution is 2.21. The first-order chi connectivity index (χ1) is 14.9. The fourth-order valence-electron chi connectivity index (χ4n) is 2.79. The first-order valence-electron chi connectivity index (χ1n) is 9.09. The third kappa shape index (κ3) is 5.12. The van der Waals surface area contributed by atoms with E-state index in [1.54, 1.807) is 42.5 Å². The maximum atomic E-state index is 12.9. The zero-order chi connectivity index (χ0) is 22.4. The van der Waals surface area contributed by atoms with Crippen LogP contribution in [0, 0.1) is 0 Å². The summed E-state index contributed by atoms with van der Waals surface area (Å²) in [5, 5.41) is 23.8.